The summed E-state index contributed by atoms with van der Waals surface area (Å²) in [5.41, 5.74) is 3.62. The van der Waals surface area contributed by atoms with Crippen molar-refractivity contribution in [3.63, 3.8) is 0 Å². The third-order valence-electron chi connectivity index (χ3n) is 5.24. The van der Waals surface area contributed by atoms with Gasteiger partial charge in [0.2, 0.25) is 0 Å². The maximum Gasteiger partial charge on any atom is 0.193 e. The van der Waals surface area contributed by atoms with Crippen molar-refractivity contribution in [2.24, 2.45) is 4.99 Å². The number of nitrogens with one attached hydrogen (secondary N) is 1. The summed E-state index contributed by atoms with van der Waals surface area (Å²) in [5, 5.41) is 3.39. The van der Waals surface area contributed by atoms with E-state index >= 15 is 0 Å². The molecule has 33 heavy (non-hydrogen) atoms. The highest BCUT2D eigenvalue weighted by atomic mass is 127. The molecule has 0 unspecified atom stereocenters. The molecule has 0 aliphatic rings. The van der Waals surface area contributed by atoms with Crippen LogP contribution < -0.4 is 14.8 Å². The predicted octanol–water partition coefficient (Wildman–Crippen LogP) is 4.21. The SMILES string of the molecule is CCNC(=NCc1ccc(Cn2ccnc2)cc1)N(C)CCc1ccc(OC)c(OC)c1.I. The second-order valence-corrected chi connectivity index (χ2v) is 7.58. The molecular formula is C25H34IN5O2. The van der Waals surface area contributed by atoms with Gasteiger partial charge in [-0.05, 0) is 42.2 Å². The first kappa shape index (κ1) is 26.5. The molecule has 2 aromatic carbocycles. The molecule has 1 N–H and O–H groups in total. The molecule has 0 spiro atoms. The van der Waals surface area contributed by atoms with E-state index in [4.69, 9.17) is 14.5 Å². The van der Waals surface area contributed by atoms with E-state index in [1.165, 1.54) is 16.7 Å². The fraction of sp³-hybridized carbons (Fsp3) is 0.360. The molecule has 0 aliphatic carbocycles. The van der Waals surface area contributed by atoms with Crippen LogP contribution in [0.5, 0.6) is 11.5 Å². The van der Waals surface area contributed by atoms with E-state index in [1.54, 1.807) is 20.4 Å². The molecule has 1 heterocycles. The Morgan fingerprint density at radius 3 is 2.36 bits per heavy atom. The monoisotopic (exact) mass is 563 g/mol. The number of nitrogens with zero attached hydrogens (tertiary/aromatic N) is 4. The zero-order valence-electron chi connectivity index (χ0n) is 19.8. The highest BCUT2D eigenvalue weighted by molar-refractivity contribution is 14.0. The Bertz CT molecular complexity index is 991. The van der Waals surface area contributed by atoms with E-state index in [9.17, 15) is 0 Å². The maximum atomic E-state index is 5.42. The molecule has 0 radical (unpaired) electrons. The topological polar surface area (TPSA) is 63.9 Å². The van der Waals surface area contributed by atoms with Gasteiger partial charge in [0.1, 0.15) is 0 Å². The van der Waals surface area contributed by atoms with Crippen molar-refractivity contribution in [1.82, 2.24) is 19.8 Å². The lowest BCUT2D eigenvalue weighted by atomic mass is 10.1. The molecule has 0 aliphatic heterocycles. The Balaban J connectivity index is 0.00000385. The van der Waals surface area contributed by atoms with E-state index in [2.05, 4.69) is 64.1 Å². The number of hydrogen-bond acceptors (Lipinski definition) is 4. The zero-order valence-corrected chi connectivity index (χ0v) is 22.2. The molecule has 0 saturated heterocycles. The first-order valence-corrected chi connectivity index (χ1v) is 10.9. The van der Waals surface area contributed by atoms with Crippen LogP contribution in [-0.4, -0.2) is 54.8 Å². The van der Waals surface area contributed by atoms with Gasteiger partial charge in [-0.15, -0.1) is 24.0 Å². The number of methoxy groups -OCH3 is 2. The summed E-state index contributed by atoms with van der Waals surface area (Å²) in [6, 6.07) is 14.6. The zero-order chi connectivity index (χ0) is 22.8. The van der Waals surface area contributed by atoms with Crippen molar-refractivity contribution in [3.05, 3.63) is 77.9 Å². The van der Waals surface area contributed by atoms with Gasteiger partial charge in [0.05, 0.1) is 27.1 Å². The average Bonchev–Trinajstić information content (AvgIpc) is 3.34. The van der Waals surface area contributed by atoms with Crippen LogP contribution in [0.2, 0.25) is 0 Å². The highest BCUT2D eigenvalue weighted by Crippen LogP contribution is 2.27. The summed E-state index contributed by atoms with van der Waals surface area (Å²) in [6.07, 6.45) is 6.48. The van der Waals surface area contributed by atoms with Crippen LogP contribution in [0.4, 0.5) is 0 Å². The number of ether oxygens (including phenoxy) is 2. The number of hydrogen-bond donors (Lipinski definition) is 1. The van der Waals surface area contributed by atoms with Gasteiger partial charge in [0.15, 0.2) is 17.5 Å². The number of rotatable bonds is 10. The van der Waals surface area contributed by atoms with E-state index in [0.717, 1.165) is 43.5 Å². The summed E-state index contributed by atoms with van der Waals surface area (Å²) in [4.78, 5) is 11.1. The Labute approximate surface area is 213 Å². The fourth-order valence-electron chi connectivity index (χ4n) is 3.42. The van der Waals surface area contributed by atoms with Crippen LogP contribution in [0.3, 0.4) is 0 Å². The minimum atomic E-state index is 0. The van der Waals surface area contributed by atoms with E-state index < -0.39 is 0 Å². The van der Waals surface area contributed by atoms with E-state index in [0.29, 0.717) is 6.54 Å². The van der Waals surface area contributed by atoms with Crippen molar-refractivity contribution in [1.29, 1.82) is 0 Å². The van der Waals surface area contributed by atoms with Gasteiger partial charge in [-0.3, -0.25) is 0 Å². The van der Waals surface area contributed by atoms with Crippen molar-refractivity contribution >= 4 is 29.9 Å². The number of likely N-dealkylation sites (N-methyl/N-ethyl adjacent to an activating group) is 1. The molecule has 0 fully saturated rings. The summed E-state index contributed by atoms with van der Waals surface area (Å²) < 4.78 is 12.8. The van der Waals surface area contributed by atoms with Gasteiger partial charge in [0.25, 0.3) is 0 Å². The summed E-state index contributed by atoms with van der Waals surface area (Å²) in [5.74, 6) is 2.40. The molecule has 0 atom stereocenters. The molecule has 178 valence electrons. The molecule has 7 nitrogen and oxygen atoms in total. The number of imidazole rings is 1. The standard InChI is InChI=1S/C25H33N5O2.HI/c1-5-27-25(29(2)14-12-20-10-11-23(31-3)24(16-20)32-4)28-17-21-6-8-22(9-7-21)18-30-15-13-26-19-30;/h6-11,13,15-16,19H,5,12,14,17-18H2,1-4H3,(H,27,28);1H. The van der Waals surface area contributed by atoms with Gasteiger partial charge < -0.3 is 24.3 Å². The quantitative estimate of drug-likeness (QED) is 0.228. The lowest BCUT2D eigenvalue weighted by Gasteiger charge is -2.22. The van der Waals surface area contributed by atoms with Crippen molar-refractivity contribution in [2.75, 3.05) is 34.4 Å². The maximum absolute atomic E-state index is 5.42. The first-order valence-electron chi connectivity index (χ1n) is 10.9. The lowest BCUT2D eigenvalue weighted by molar-refractivity contribution is 0.354. The molecule has 0 bridgehead atoms. The number of aliphatic imine (C=N–C) groups is 1. The normalized spacial score (nSPS) is 11.0. The third kappa shape index (κ3) is 7.96. The third-order valence-corrected chi connectivity index (χ3v) is 5.24. The second kappa shape index (κ2) is 13.7. The van der Waals surface area contributed by atoms with Crippen LogP contribution in [0.15, 0.2) is 66.2 Å². The van der Waals surface area contributed by atoms with Crippen LogP contribution >= 0.6 is 24.0 Å². The molecule has 0 amide bonds. The van der Waals surface area contributed by atoms with Gasteiger partial charge >= 0.3 is 0 Å². The Kier molecular flexibility index (Phi) is 11.0. The smallest absolute Gasteiger partial charge is 0.193 e. The van der Waals surface area contributed by atoms with Gasteiger partial charge in [-0.25, -0.2) is 9.98 Å². The lowest BCUT2D eigenvalue weighted by Crippen LogP contribution is -2.39. The van der Waals surface area contributed by atoms with Crippen LogP contribution in [0.1, 0.15) is 23.6 Å². The molecule has 8 heteroatoms. The number of benzene rings is 2. The minimum Gasteiger partial charge on any atom is -0.493 e. The Hall–Kier alpha value is -2.75. The van der Waals surface area contributed by atoms with Gasteiger partial charge in [-0.2, -0.15) is 0 Å². The molecule has 3 aromatic rings. The van der Waals surface area contributed by atoms with Gasteiger partial charge in [0, 0.05) is 39.1 Å². The van der Waals surface area contributed by atoms with E-state index in [-0.39, 0.29) is 24.0 Å². The largest absolute Gasteiger partial charge is 0.493 e. The molecular weight excluding hydrogens is 529 g/mol. The van der Waals surface area contributed by atoms with Gasteiger partial charge in [-0.1, -0.05) is 30.3 Å². The highest BCUT2D eigenvalue weighted by Gasteiger charge is 2.09. The number of aromatic nitrogens is 2. The van der Waals surface area contributed by atoms with Crippen molar-refractivity contribution < 1.29 is 9.47 Å². The summed E-state index contributed by atoms with van der Waals surface area (Å²) in [6.45, 7) is 5.20. The Morgan fingerprint density at radius 1 is 1.03 bits per heavy atom. The molecule has 0 saturated carbocycles. The average molecular weight is 563 g/mol. The van der Waals surface area contributed by atoms with E-state index in [1.807, 2.05) is 24.7 Å². The second-order valence-electron chi connectivity index (χ2n) is 7.58. The summed E-state index contributed by atoms with van der Waals surface area (Å²) >= 11 is 0. The van der Waals surface area contributed by atoms with Crippen LogP contribution in [-0.2, 0) is 19.5 Å². The van der Waals surface area contributed by atoms with Crippen molar-refractivity contribution in [2.45, 2.75) is 26.4 Å². The molecule has 3 rings (SSSR count). The first-order chi connectivity index (χ1) is 15.6. The number of guanidine groups is 1. The minimum absolute atomic E-state index is 0. The van der Waals surface area contributed by atoms with Crippen LogP contribution in [0, 0.1) is 0 Å². The number of halogens is 1. The fourth-order valence-corrected chi connectivity index (χ4v) is 3.42. The Morgan fingerprint density at radius 2 is 1.73 bits per heavy atom. The molecule has 1 aromatic heterocycles. The van der Waals surface area contributed by atoms with Crippen molar-refractivity contribution in [3.8, 4) is 11.5 Å². The van der Waals surface area contributed by atoms with Crippen LogP contribution in [0.25, 0.3) is 0 Å². The summed E-state index contributed by atoms with van der Waals surface area (Å²) in [7, 11) is 5.38. The predicted molar refractivity (Wildman–Crippen MR) is 144 cm³/mol.